The number of amides is 2. The van der Waals surface area contributed by atoms with Gasteiger partial charge < -0.3 is 25.2 Å². The van der Waals surface area contributed by atoms with E-state index in [0.29, 0.717) is 10.2 Å². The number of carboxylic acid groups (broad SMARTS) is 1. The van der Waals surface area contributed by atoms with Crippen LogP contribution in [-0.2, 0) is 14.3 Å². The first-order chi connectivity index (χ1) is 16.9. The predicted molar refractivity (Wildman–Crippen MR) is 134 cm³/mol. The van der Waals surface area contributed by atoms with Crippen molar-refractivity contribution in [2.45, 2.75) is 12.0 Å². The summed E-state index contributed by atoms with van der Waals surface area (Å²) in [6.45, 7) is 0.0520. The molecule has 35 heavy (non-hydrogen) atoms. The van der Waals surface area contributed by atoms with Crippen molar-refractivity contribution in [2.75, 3.05) is 25.6 Å². The fourth-order valence-corrected chi connectivity index (χ4v) is 4.55. The van der Waals surface area contributed by atoms with E-state index >= 15 is 0 Å². The summed E-state index contributed by atoms with van der Waals surface area (Å²) in [5.74, 6) is -1.65. The molecule has 1 aliphatic carbocycles. The number of carboxylic acids is 1. The van der Waals surface area contributed by atoms with Gasteiger partial charge >= 0.3 is 12.1 Å². The van der Waals surface area contributed by atoms with Gasteiger partial charge in [0.1, 0.15) is 6.61 Å². The maximum absolute atomic E-state index is 12.6. The minimum Gasteiger partial charge on any atom is -0.478 e. The van der Waals surface area contributed by atoms with E-state index in [1.54, 1.807) is 0 Å². The van der Waals surface area contributed by atoms with Crippen LogP contribution < -0.4 is 10.6 Å². The maximum atomic E-state index is 12.6. The van der Waals surface area contributed by atoms with Crippen LogP contribution in [0.15, 0.2) is 71.2 Å². The normalized spacial score (nSPS) is 12.9. The number of aromatic carboxylic acids is 1. The smallest absolute Gasteiger partial charge is 0.407 e. The molecule has 0 aliphatic heterocycles. The van der Waals surface area contributed by atoms with Gasteiger partial charge in [0.15, 0.2) is 6.10 Å². The van der Waals surface area contributed by atoms with Gasteiger partial charge in [-0.1, -0.05) is 48.5 Å². The highest BCUT2D eigenvalue weighted by Crippen LogP contribution is 2.44. The first-order valence-corrected chi connectivity index (χ1v) is 11.6. The second-order valence-electron chi connectivity index (χ2n) is 7.92. The lowest BCUT2D eigenvalue weighted by molar-refractivity contribution is -0.125. The number of alkyl carbamates (subject to hydrolysis) is 1. The zero-order valence-electron chi connectivity index (χ0n) is 18.8. The molecule has 4 rings (SSSR count). The van der Waals surface area contributed by atoms with Crippen LogP contribution in [0.1, 0.15) is 27.4 Å². The highest BCUT2D eigenvalue weighted by atomic mass is 79.9. The Balaban J connectivity index is 1.33. The average molecular weight is 539 g/mol. The second kappa shape index (κ2) is 10.7. The number of hydrogen-bond donors (Lipinski definition) is 3. The standard InChI is InChI=1S/C26H23BrN2O6/c1-34-23(24(30)29-22-11-10-15(25(31)32)12-21(22)27)13-28-26(33)35-14-20-18-8-4-2-6-16(18)17-7-3-5-9-19(17)20/h2-12,20,23H,13-14H2,1H3,(H,28,33)(H,29,30)(H,31,32). The van der Waals surface area contributed by atoms with Gasteiger partial charge in [0.25, 0.3) is 5.91 Å². The van der Waals surface area contributed by atoms with E-state index in [4.69, 9.17) is 14.6 Å². The van der Waals surface area contributed by atoms with Crippen molar-refractivity contribution in [3.8, 4) is 11.1 Å². The second-order valence-corrected chi connectivity index (χ2v) is 8.77. The molecule has 9 heteroatoms. The number of anilines is 1. The Kier molecular flexibility index (Phi) is 7.48. The number of fused-ring (bicyclic) bond motifs is 3. The molecule has 0 heterocycles. The van der Waals surface area contributed by atoms with Gasteiger partial charge in [-0.25, -0.2) is 9.59 Å². The molecule has 3 N–H and O–H groups in total. The number of benzene rings is 3. The first kappa shape index (κ1) is 24.4. The SMILES string of the molecule is COC(CNC(=O)OCC1c2ccccc2-c2ccccc21)C(=O)Nc1ccc(C(=O)O)cc1Br. The van der Waals surface area contributed by atoms with Gasteiger partial charge in [0, 0.05) is 17.5 Å². The molecule has 0 bridgehead atoms. The molecule has 2 amide bonds. The Bertz CT molecular complexity index is 1230. The summed E-state index contributed by atoms with van der Waals surface area (Å²) in [6.07, 6.45) is -1.64. The van der Waals surface area contributed by atoms with Crippen LogP contribution in [0.4, 0.5) is 10.5 Å². The molecule has 3 aromatic carbocycles. The highest BCUT2D eigenvalue weighted by Gasteiger charge is 2.29. The van der Waals surface area contributed by atoms with Crippen LogP contribution >= 0.6 is 15.9 Å². The quantitative estimate of drug-likeness (QED) is 0.385. The van der Waals surface area contributed by atoms with Gasteiger partial charge in [0.05, 0.1) is 17.8 Å². The molecule has 0 spiro atoms. The summed E-state index contributed by atoms with van der Waals surface area (Å²) in [6, 6.07) is 20.3. The lowest BCUT2D eigenvalue weighted by Crippen LogP contribution is -2.41. The maximum Gasteiger partial charge on any atom is 0.407 e. The molecule has 1 atom stereocenters. The number of carbonyl (C=O) groups is 3. The van der Waals surface area contributed by atoms with Crippen molar-refractivity contribution in [1.29, 1.82) is 0 Å². The van der Waals surface area contributed by atoms with E-state index in [9.17, 15) is 14.4 Å². The number of halogens is 1. The van der Waals surface area contributed by atoms with Crippen molar-refractivity contribution >= 4 is 39.6 Å². The zero-order chi connectivity index (χ0) is 24.9. The average Bonchev–Trinajstić information content (AvgIpc) is 3.18. The molecule has 8 nitrogen and oxygen atoms in total. The van der Waals surface area contributed by atoms with Gasteiger partial charge in [-0.2, -0.15) is 0 Å². The molecule has 0 radical (unpaired) electrons. The number of rotatable bonds is 8. The fourth-order valence-electron chi connectivity index (χ4n) is 4.07. The van der Waals surface area contributed by atoms with Crippen LogP contribution in [-0.4, -0.2) is 49.4 Å². The Hall–Kier alpha value is -3.69. The number of methoxy groups -OCH3 is 1. The summed E-state index contributed by atoms with van der Waals surface area (Å²) in [7, 11) is 1.35. The topological polar surface area (TPSA) is 114 Å². The molecule has 0 saturated heterocycles. The van der Waals surface area contributed by atoms with Crippen LogP contribution in [0.25, 0.3) is 11.1 Å². The zero-order valence-corrected chi connectivity index (χ0v) is 20.4. The molecule has 0 fully saturated rings. The molecule has 0 saturated carbocycles. The van der Waals surface area contributed by atoms with E-state index in [0.717, 1.165) is 22.3 Å². The number of ether oxygens (including phenoxy) is 2. The lowest BCUT2D eigenvalue weighted by Gasteiger charge is -2.18. The van der Waals surface area contributed by atoms with Crippen LogP contribution in [0.2, 0.25) is 0 Å². The third-order valence-electron chi connectivity index (χ3n) is 5.83. The fraction of sp³-hybridized carbons (Fsp3) is 0.192. The monoisotopic (exact) mass is 538 g/mol. The molecule has 1 aliphatic rings. The minimum atomic E-state index is -1.08. The third-order valence-corrected chi connectivity index (χ3v) is 6.48. The van der Waals surface area contributed by atoms with Gasteiger partial charge in [-0.15, -0.1) is 0 Å². The molecule has 180 valence electrons. The molecule has 3 aromatic rings. The van der Waals surface area contributed by atoms with Crippen LogP contribution in [0.3, 0.4) is 0 Å². The van der Waals surface area contributed by atoms with Gasteiger partial charge in [-0.05, 0) is 56.4 Å². The summed E-state index contributed by atoms with van der Waals surface area (Å²) in [5, 5.41) is 14.3. The van der Waals surface area contributed by atoms with Crippen LogP contribution in [0.5, 0.6) is 0 Å². The largest absolute Gasteiger partial charge is 0.478 e. The highest BCUT2D eigenvalue weighted by molar-refractivity contribution is 9.10. The number of carbonyl (C=O) groups excluding carboxylic acids is 2. The number of nitrogens with one attached hydrogen (secondary N) is 2. The summed E-state index contributed by atoms with van der Waals surface area (Å²) in [5.41, 5.74) is 4.94. The molecule has 0 aromatic heterocycles. The van der Waals surface area contributed by atoms with E-state index in [2.05, 4.69) is 38.7 Å². The van der Waals surface area contributed by atoms with E-state index < -0.39 is 24.1 Å². The van der Waals surface area contributed by atoms with Gasteiger partial charge in [-0.3, -0.25) is 4.79 Å². The molecular formula is C26H23BrN2O6. The lowest BCUT2D eigenvalue weighted by atomic mass is 9.98. The van der Waals surface area contributed by atoms with Crippen LogP contribution in [0, 0.1) is 0 Å². The Morgan fingerprint density at radius 2 is 1.63 bits per heavy atom. The van der Waals surface area contributed by atoms with Crippen molar-refractivity contribution in [1.82, 2.24) is 5.32 Å². The minimum absolute atomic E-state index is 0.0687. The summed E-state index contributed by atoms with van der Waals surface area (Å²) >= 11 is 3.24. The van der Waals surface area contributed by atoms with Crippen molar-refractivity contribution in [2.24, 2.45) is 0 Å². The number of hydrogen-bond acceptors (Lipinski definition) is 5. The Morgan fingerprint density at radius 3 is 2.20 bits per heavy atom. The van der Waals surface area contributed by atoms with Gasteiger partial charge in [0.2, 0.25) is 0 Å². The summed E-state index contributed by atoms with van der Waals surface area (Å²) in [4.78, 5) is 36.1. The van der Waals surface area contributed by atoms with Crippen molar-refractivity contribution < 1.29 is 29.0 Å². The molecular weight excluding hydrogens is 516 g/mol. The van der Waals surface area contributed by atoms with Crippen molar-refractivity contribution in [3.63, 3.8) is 0 Å². The Morgan fingerprint density at radius 1 is 1.00 bits per heavy atom. The van der Waals surface area contributed by atoms with E-state index in [1.165, 1.54) is 25.3 Å². The first-order valence-electron chi connectivity index (χ1n) is 10.8. The third kappa shape index (κ3) is 5.36. The van der Waals surface area contributed by atoms with Crippen molar-refractivity contribution in [3.05, 3.63) is 87.9 Å². The van der Waals surface area contributed by atoms with E-state index in [1.807, 2.05) is 36.4 Å². The van der Waals surface area contributed by atoms with E-state index in [-0.39, 0.29) is 24.6 Å². The molecule has 1 unspecified atom stereocenters. The summed E-state index contributed by atoms with van der Waals surface area (Å²) < 4.78 is 11.1. The Labute approximate surface area is 210 Å². The predicted octanol–water partition coefficient (Wildman–Crippen LogP) is 4.64.